The number of benzene rings is 1. The van der Waals surface area contributed by atoms with Crippen molar-refractivity contribution in [1.29, 1.82) is 0 Å². The van der Waals surface area contributed by atoms with Gasteiger partial charge in [-0.2, -0.15) is 0 Å². The molecule has 0 bridgehead atoms. The molecule has 0 amide bonds. The van der Waals surface area contributed by atoms with E-state index in [1.807, 2.05) is 0 Å². The van der Waals surface area contributed by atoms with Crippen LogP contribution in [0.1, 0.15) is 0 Å². The van der Waals surface area contributed by atoms with Crippen molar-refractivity contribution >= 4 is 5.65 Å². The Morgan fingerprint density at radius 1 is 1.06 bits per heavy atom. The normalized spacial score (nSPS) is 10.9. The van der Waals surface area contributed by atoms with E-state index in [1.165, 1.54) is 18.5 Å². The number of aromatic nitrogens is 3. The standard InChI is InChI=1S/C12H7F2N3/c13-10-3-1-2-9(12(10)14)8-4-5-11-16-15-7-17(11)6-8/h1-7H. The minimum Gasteiger partial charge on any atom is -0.288 e. The zero-order valence-electron chi connectivity index (χ0n) is 8.64. The maximum atomic E-state index is 13.6. The Kier molecular flexibility index (Phi) is 2.11. The minimum atomic E-state index is -0.855. The lowest BCUT2D eigenvalue weighted by atomic mass is 10.1. The maximum Gasteiger partial charge on any atom is 0.166 e. The van der Waals surface area contributed by atoms with Crippen LogP contribution in [0.4, 0.5) is 8.78 Å². The second kappa shape index (κ2) is 3.62. The summed E-state index contributed by atoms with van der Waals surface area (Å²) in [6, 6.07) is 7.48. The zero-order chi connectivity index (χ0) is 11.8. The van der Waals surface area contributed by atoms with Gasteiger partial charge in [-0.25, -0.2) is 8.78 Å². The third-order valence-electron chi connectivity index (χ3n) is 2.55. The SMILES string of the molecule is Fc1cccc(-c2ccc3nncn3c2)c1F. The third-order valence-corrected chi connectivity index (χ3v) is 2.55. The fourth-order valence-electron chi connectivity index (χ4n) is 1.71. The second-order valence-electron chi connectivity index (χ2n) is 3.62. The van der Waals surface area contributed by atoms with Crippen molar-refractivity contribution < 1.29 is 8.78 Å². The van der Waals surface area contributed by atoms with E-state index < -0.39 is 11.6 Å². The first kappa shape index (κ1) is 9.89. The smallest absolute Gasteiger partial charge is 0.166 e. The van der Waals surface area contributed by atoms with Crippen LogP contribution in [0.15, 0.2) is 42.9 Å². The Bertz CT molecular complexity index is 691. The van der Waals surface area contributed by atoms with Crippen molar-refractivity contribution in [2.45, 2.75) is 0 Å². The van der Waals surface area contributed by atoms with Gasteiger partial charge in [-0.3, -0.25) is 4.40 Å². The largest absolute Gasteiger partial charge is 0.288 e. The van der Waals surface area contributed by atoms with E-state index in [-0.39, 0.29) is 5.56 Å². The Morgan fingerprint density at radius 2 is 1.94 bits per heavy atom. The first-order valence-corrected chi connectivity index (χ1v) is 4.99. The van der Waals surface area contributed by atoms with E-state index in [4.69, 9.17) is 0 Å². The van der Waals surface area contributed by atoms with Gasteiger partial charge in [-0.05, 0) is 18.2 Å². The van der Waals surface area contributed by atoms with Gasteiger partial charge in [0.2, 0.25) is 0 Å². The van der Waals surface area contributed by atoms with Crippen molar-refractivity contribution in [3.63, 3.8) is 0 Å². The molecule has 3 nitrogen and oxygen atoms in total. The van der Waals surface area contributed by atoms with Crippen LogP contribution in [-0.4, -0.2) is 14.6 Å². The van der Waals surface area contributed by atoms with Crippen LogP contribution in [0, 0.1) is 11.6 Å². The Balaban J connectivity index is 2.23. The molecule has 0 aliphatic heterocycles. The molecule has 0 radical (unpaired) electrons. The fourth-order valence-corrected chi connectivity index (χ4v) is 1.71. The molecule has 2 aromatic heterocycles. The summed E-state index contributed by atoms with van der Waals surface area (Å²) in [5.41, 5.74) is 1.46. The lowest BCUT2D eigenvalue weighted by Gasteiger charge is -2.04. The highest BCUT2D eigenvalue weighted by atomic mass is 19.2. The summed E-state index contributed by atoms with van der Waals surface area (Å²) in [5, 5.41) is 7.56. The van der Waals surface area contributed by atoms with E-state index in [9.17, 15) is 8.78 Å². The van der Waals surface area contributed by atoms with Crippen molar-refractivity contribution in [2.75, 3.05) is 0 Å². The van der Waals surface area contributed by atoms with Crippen molar-refractivity contribution in [3.8, 4) is 11.1 Å². The Labute approximate surface area is 95.3 Å². The first-order chi connectivity index (χ1) is 8.25. The predicted octanol–water partition coefficient (Wildman–Crippen LogP) is 2.67. The fraction of sp³-hybridized carbons (Fsp3) is 0. The van der Waals surface area contributed by atoms with E-state index in [1.54, 1.807) is 22.7 Å². The van der Waals surface area contributed by atoms with Gasteiger partial charge in [0.05, 0.1) is 0 Å². The average Bonchev–Trinajstić information content (AvgIpc) is 2.79. The number of rotatable bonds is 1. The van der Waals surface area contributed by atoms with Crippen LogP contribution in [-0.2, 0) is 0 Å². The molecular weight excluding hydrogens is 224 g/mol. The molecule has 0 fully saturated rings. The molecular formula is C12H7F2N3. The average molecular weight is 231 g/mol. The van der Waals surface area contributed by atoms with Crippen LogP contribution in [0.2, 0.25) is 0 Å². The third kappa shape index (κ3) is 1.56. The molecule has 0 saturated heterocycles. The highest BCUT2D eigenvalue weighted by Gasteiger charge is 2.10. The summed E-state index contributed by atoms with van der Waals surface area (Å²) in [5.74, 6) is -1.70. The number of hydrogen-bond donors (Lipinski definition) is 0. The molecule has 2 heterocycles. The lowest BCUT2D eigenvalue weighted by Crippen LogP contribution is -1.91. The maximum absolute atomic E-state index is 13.6. The number of hydrogen-bond acceptors (Lipinski definition) is 2. The Morgan fingerprint density at radius 3 is 2.82 bits per heavy atom. The molecule has 0 atom stereocenters. The van der Waals surface area contributed by atoms with Gasteiger partial charge in [-0.15, -0.1) is 10.2 Å². The lowest BCUT2D eigenvalue weighted by molar-refractivity contribution is 0.511. The van der Waals surface area contributed by atoms with Crippen LogP contribution in [0.5, 0.6) is 0 Å². The van der Waals surface area contributed by atoms with E-state index in [2.05, 4.69) is 10.2 Å². The second-order valence-corrected chi connectivity index (χ2v) is 3.62. The van der Waals surface area contributed by atoms with E-state index >= 15 is 0 Å². The number of halogens is 2. The van der Waals surface area contributed by atoms with Crippen molar-refractivity contribution in [2.24, 2.45) is 0 Å². The molecule has 1 aromatic carbocycles. The van der Waals surface area contributed by atoms with Gasteiger partial charge >= 0.3 is 0 Å². The minimum absolute atomic E-state index is 0.223. The van der Waals surface area contributed by atoms with Gasteiger partial charge in [0.25, 0.3) is 0 Å². The summed E-state index contributed by atoms with van der Waals surface area (Å²) < 4.78 is 28.4. The summed E-state index contributed by atoms with van der Waals surface area (Å²) in [6.07, 6.45) is 3.17. The molecule has 5 heteroatoms. The Hall–Kier alpha value is -2.30. The molecule has 3 aromatic rings. The molecule has 17 heavy (non-hydrogen) atoms. The summed E-state index contributed by atoms with van der Waals surface area (Å²) in [7, 11) is 0. The molecule has 0 aliphatic rings. The molecule has 0 aliphatic carbocycles. The van der Waals surface area contributed by atoms with Crippen molar-refractivity contribution in [1.82, 2.24) is 14.6 Å². The van der Waals surface area contributed by atoms with Crippen LogP contribution >= 0.6 is 0 Å². The number of fused-ring (bicyclic) bond motifs is 1. The van der Waals surface area contributed by atoms with Gasteiger partial charge in [-0.1, -0.05) is 12.1 Å². The number of nitrogens with zero attached hydrogens (tertiary/aromatic N) is 3. The summed E-state index contributed by atoms with van der Waals surface area (Å²) in [4.78, 5) is 0. The number of pyridine rings is 1. The highest BCUT2D eigenvalue weighted by Crippen LogP contribution is 2.24. The summed E-state index contributed by atoms with van der Waals surface area (Å²) >= 11 is 0. The molecule has 0 spiro atoms. The monoisotopic (exact) mass is 231 g/mol. The summed E-state index contributed by atoms with van der Waals surface area (Å²) in [6.45, 7) is 0. The van der Waals surface area contributed by atoms with E-state index in [0.29, 0.717) is 11.2 Å². The first-order valence-electron chi connectivity index (χ1n) is 4.99. The van der Waals surface area contributed by atoms with Gasteiger partial charge in [0.15, 0.2) is 17.3 Å². The molecule has 0 saturated carbocycles. The zero-order valence-corrected chi connectivity index (χ0v) is 8.64. The quantitative estimate of drug-likeness (QED) is 0.644. The topological polar surface area (TPSA) is 30.2 Å². The van der Waals surface area contributed by atoms with Gasteiger partial charge in [0, 0.05) is 17.3 Å². The molecule has 0 N–H and O–H groups in total. The predicted molar refractivity (Wildman–Crippen MR) is 58.3 cm³/mol. The molecule has 3 rings (SSSR count). The van der Waals surface area contributed by atoms with Gasteiger partial charge in [0.1, 0.15) is 6.33 Å². The van der Waals surface area contributed by atoms with Crippen molar-refractivity contribution in [3.05, 3.63) is 54.5 Å². The van der Waals surface area contributed by atoms with Crippen LogP contribution in [0.3, 0.4) is 0 Å². The van der Waals surface area contributed by atoms with E-state index in [0.717, 1.165) is 6.07 Å². The highest BCUT2D eigenvalue weighted by molar-refractivity contribution is 5.65. The molecule has 84 valence electrons. The van der Waals surface area contributed by atoms with Crippen LogP contribution in [0.25, 0.3) is 16.8 Å². The van der Waals surface area contributed by atoms with Gasteiger partial charge < -0.3 is 0 Å². The molecule has 0 unspecified atom stereocenters. The van der Waals surface area contributed by atoms with Crippen LogP contribution < -0.4 is 0 Å².